The molecule has 0 aromatic carbocycles. The number of hydrogen-bond donors (Lipinski definition) is 1. The smallest absolute Gasteiger partial charge is 0.253 e. The molecule has 0 amide bonds. The lowest BCUT2D eigenvalue weighted by Gasteiger charge is -2.36. The van der Waals surface area contributed by atoms with Gasteiger partial charge in [-0.15, -0.1) is 11.3 Å². The van der Waals surface area contributed by atoms with Crippen molar-refractivity contribution in [3.63, 3.8) is 0 Å². The van der Waals surface area contributed by atoms with Gasteiger partial charge in [0.15, 0.2) is 0 Å². The van der Waals surface area contributed by atoms with E-state index in [1.165, 1.54) is 11.3 Å². The standard InChI is InChI=1S/C12H17BrN2O2S2/c1-7-4-11(18-12(7)13)19(16,17)15-9-2-3-10(15)6-8(14)5-9/h4,8-10H,2-3,5-6,14H2,1H3. The molecule has 3 heterocycles. The van der Waals surface area contributed by atoms with E-state index < -0.39 is 10.0 Å². The van der Waals surface area contributed by atoms with Gasteiger partial charge in [0.25, 0.3) is 10.0 Å². The predicted octanol–water partition coefficient (Wildman–Crippen LogP) is 2.46. The van der Waals surface area contributed by atoms with Crippen molar-refractivity contribution in [2.45, 2.75) is 54.9 Å². The van der Waals surface area contributed by atoms with Crippen molar-refractivity contribution in [1.29, 1.82) is 0 Å². The van der Waals surface area contributed by atoms with E-state index in [9.17, 15) is 8.42 Å². The summed E-state index contributed by atoms with van der Waals surface area (Å²) in [7, 11) is -3.36. The van der Waals surface area contributed by atoms with Gasteiger partial charge in [0, 0.05) is 18.1 Å². The van der Waals surface area contributed by atoms with Crippen molar-refractivity contribution in [2.24, 2.45) is 5.73 Å². The summed E-state index contributed by atoms with van der Waals surface area (Å²) in [6.45, 7) is 1.92. The maximum atomic E-state index is 12.8. The summed E-state index contributed by atoms with van der Waals surface area (Å²) in [6.07, 6.45) is 3.48. The van der Waals surface area contributed by atoms with Gasteiger partial charge in [0.05, 0.1) is 3.79 Å². The molecule has 19 heavy (non-hydrogen) atoms. The number of nitrogens with zero attached hydrogens (tertiary/aromatic N) is 1. The van der Waals surface area contributed by atoms with Gasteiger partial charge >= 0.3 is 0 Å². The number of hydrogen-bond acceptors (Lipinski definition) is 4. The third kappa shape index (κ3) is 2.29. The maximum Gasteiger partial charge on any atom is 0.253 e. The first kappa shape index (κ1) is 14.0. The fraction of sp³-hybridized carbons (Fsp3) is 0.667. The minimum atomic E-state index is -3.36. The third-order valence-electron chi connectivity index (χ3n) is 4.07. The molecule has 0 aliphatic carbocycles. The van der Waals surface area contributed by atoms with Crippen LogP contribution >= 0.6 is 27.3 Å². The van der Waals surface area contributed by atoms with E-state index in [4.69, 9.17) is 5.73 Å². The van der Waals surface area contributed by atoms with Crippen molar-refractivity contribution in [1.82, 2.24) is 4.31 Å². The maximum absolute atomic E-state index is 12.8. The van der Waals surface area contributed by atoms with E-state index in [1.54, 1.807) is 10.4 Å². The molecule has 4 nitrogen and oxygen atoms in total. The molecule has 2 atom stereocenters. The lowest BCUT2D eigenvalue weighted by atomic mass is 10.0. The fourth-order valence-electron chi connectivity index (χ4n) is 3.23. The van der Waals surface area contributed by atoms with Gasteiger partial charge in [-0.25, -0.2) is 8.42 Å². The van der Waals surface area contributed by atoms with Crippen LogP contribution in [0, 0.1) is 6.92 Å². The Hall–Kier alpha value is 0.0500. The van der Waals surface area contributed by atoms with Crippen LogP contribution in [0.15, 0.2) is 14.1 Å². The second-order valence-corrected chi connectivity index (χ2v) is 9.91. The quantitative estimate of drug-likeness (QED) is 0.876. The van der Waals surface area contributed by atoms with Crippen LogP contribution in [0.1, 0.15) is 31.2 Å². The molecule has 1 aromatic rings. The van der Waals surface area contributed by atoms with Crippen molar-refractivity contribution < 1.29 is 8.42 Å². The van der Waals surface area contributed by atoms with Crippen LogP contribution in [0.25, 0.3) is 0 Å². The highest BCUT2D eigenvalue weighted by molar-refractivity contribution is 9.11. The summed E-state index contributed by atoms with van der Waals surface area (Å²) >= 11 is 4.71. The zero-order valence-electron chi connectivity index (χ0n) is 10.7. The second-order valence-electron chi connectivity index (χ2n) is 5.47. The molecule has 0 radical (unpaired) electrons. The average molecular weight is 365 g/mol. The highest BCUT2D eigenvalue weighted by atomic mass is 79.9. The van der Waals surface area contributed by atoms with Crippen molar-refractivity contribution in [2.75, 3.05) is 0 Å². The van der Waals surface area contributed by atoms with Crippen LogP contribution < -0.4 is 5.73 Å². The Kier molecular flexibility index (Phi) is 3.54. The first-order chi connectivity index (χ1) is 8.89. The van der Waals surface area contributed by atoms with E-state index in [1.807, 2.05) is 6.92 Å². The molecule has 0 saturated carbocycles. The Morgan fingerprint density at radius 1 is 1.37 bits per heavy atom. The lowest BCUT2D eigenvalue weighted by Crippen LogP contribution is -2.49. The molecular weight excluding hydrogens is 348 g/mol. The first-order valence-electron chi connectivity index (χ1n) is 6.44. The zero-order valence-corrected chi connectivity index (χ0v) is 13.9. The van der Waals surface area contributed by atoms with Crippen LogP contribution in [0.4, 0.5) is 0 Å². The summed E-state index contributed by atoms with van der Waals surface area (Å²) in [5, 5.41) is 0. The zero-order chi connectivity index (χ0) is 13.8. The van der Waals surface area contributed by atoms with Gasteiger partial charge in [0.2, 0.25) is 0 Å². The molecule has 3 rings (SSSR count). The predicted molar refractivity (Wildman–Crippen MR) is 79.8 cm³/mol. The fourth-order valence-corrected chi connectivity index (χ4v) is 7.45. The van der Waals surface area contributed by atoms with Gasteiger partial charge in [-0.1, -0.05) is 0 Å². The number of nitrogens with two attached hydrogens (primary N) is 1. The molecule has 2 unspecified atom stereocenters. The number of sulfonamides is 1. The summed E-state index contributed by atoms with van der Waals surface area (Å²) in [6, 6.07) is 2.11. The highest BCUT2D eigenvalue weighted by Gasteiger charge is 2.46. The van der Waals surface area contributed by atoms with Gasteiger partial charge in [0.1, 0.15) is 4.21 Å². The molecule has 2 saturated heterocycles. The van der Waals surface area contributed by atoms with E-state index in [-0.39, 0.29) is 18.1 Å². The van der Waals surface area contributed by atoms with Crippen molar-refractivity contribution in [3.8, 4) is 0 Å². The molecule has 2 N–H and O–H groups in total. The van der Waals surface area contributed by atoms with Crippen LogP contribution in [0.3, 0.4) is 0 Å². The molecule has 1 aromatic heterocycles. The molecule has 0 spiro atoms. The number of rotatable bonds is 2. The Morgan fingerprint density at radius 3 is 2.42 bits per heavy atom. The Bertz CT molecular complexity index is 565. The minimum absolute atomic E-state index is 0.0972. The summed E-state index contributed by atoms with van der Waals surface area (Å²) in [5.74, 6) is 0. The van der Waals surface area contributed by atoms with Crippen LogP contribution in [0.2, 0.25) is 0 Å². The average Bonchev–Trinajstić information content (AvgIpc) is 2.80. The van der Waals surface area contributed by atoms with E-state index in [0.29, 0.717) is 4.21 Å². The van der Waals surface area contributed by atoms with Crippen LogP contribution in [0.5, 0.6) is 0 Å². The SMILES string of the molecule is Cc1cc(S(=O)(=O)N2C3CCC2CC(N)C3)sc1Br. The van der Waals surface area contributed by atoms with Gasteiger partial charge in [-0.3, -0.25) is 0 Å². The van der Waals surface area contributed by atoms with Gasteiger partial charge in [-0.2, -0.15) is 4.31 Å². The molecule has 7 heteroatoms. The lowest BCUT2D eigenvalue weighted by molar-refractivity contribution is 0.227. The second kappa shape index (κ2) is 4.80. The summed E-state index contributed by atoms with van der Waals surface area (Å²) in [5.41, 5.74) is 6.98. The molecule has 106 valence electrons. The topological polar surface area (TPSA) is 63.4 Å². The van der Waals surface area contributed by atoms with E-state index >= 15 is 0 Å². The van der Waals surface area contributed by atoms with Crippen LogP contribution in [-0.2, 0) is 10.0 Å². The summed E-state index contributed by atoms with van der Waals surface area (Å²) in [4.78, 5) is 0. The monoisotopic (exact) mass is 364 g/mol. The number of piperidine rings is 1. The Balaban J connectivity index is 1.97. The van der Waals surface area contributed by atoms with E-state index in [2.05, 4.69) is 15.9 Å². The normalized spacial score (nSPS) is 31.8. The first-order valence-corrected chi connectivity index (χ1v) is 9.49. The van der Waals surface area contributed by atoms with Gasteiger partial charge in [-0.05, 0) is 60.2 Å². The molecule has 2 bridgehead atoms. The molecule has 2 aliphatic heterocycles. The largest absolute Gasteiger partial charge is 0.328 e. The Labute approximate surface area is 126 Å². The highest BCUT2D eigenvalue weighted by Crippen LogP contribution is 2.41. The summed E-state index contributed by atoms with van der Waals surface area (Å²) < 4.78 is 28.7. The number of halogens is 1. The molecular formula is C12H17BrN2O2S2. The third-order valence-corrected chi connectivity index (χ3v) is 8.66. The van der Waals surface area contributed by atoms with Crippen molar-refractivity contribution >= 4 is 37.3 Å². The minimum Gasteiger partial charge on any atom is -0.328 e. The van der Waals surface area contributed by atoms with Crippen LogP contribution in [-0.4, -0.2) is 30.8 Å². The number of fused-ring (bicyclic) bond motifs is 2. The molecule has 2 fully saturated rings. The van der Waals surface area contributed by atoms with E-state index in [0.717, 1.165) is 35.0 Å². The molecule has 2 aliphatic rings. The number of aryl methyl sites for hydroxylation is 1. The Morgan fingerprint density at radius 2 is 1.95 bits per heavy atom. The number of thiophene rings is 1. The van der Waals surface area contributed by atoms with Crippen molar-refractivity contribution in [3.05, 3.63) is 15.4 Å². The van der Waals surface area contributed by atoms with Gasteiger partial charge < -0.3 is 5.73 Å².